The second-order valence-electron chi connectivity index (χ2n) is 14.8. The Balaban J connectivity index is 4.63. The molecular formula is C46H76NO9P. The molecule has 3 atom stereocenters. The van der Waals surface area contributed by atoms with Crippen LogP contribution in [-0.2, 0) is 32.7 Å². The second-order valence-corrected chi connectivity index (χ2v) is 16.2. The molecule has 0 aliphatic rings. The van der Waals surface area contributed by atoms with Crippen molar-refractivity contribution in [1.29, 1.82) is 0 Å². The van der Waals surface area contributed by atoms with Crippen LogP contribution >= 0.6 is 7.82 Å². The van der Waals surface area contributed by atoms with Crippen molar-refractivity contribution in [3.63, 3.8) is 0 Å². The Morgan fingerprint density at radius 3 is 1.86 bits per heavy atom. The number of nitrogens with zero attached hydrogens (tertiary/aromatic N) is 1. The fourth-order valence-corrected chi connectivity index (χ4v) is 5.56. The average Bonchev–Trinajstić information content (AvgIpc) is 3.15. The highest BCUT2D eigenvalue weighted by atomic mass is 31.2. The van der Waals surface area contributed by atoms with Gasteiger partial charge in [0.25, 0.3) is 7.82 Å². The number of allylic oxidation sites excluding steroid dienone is 14. The number of ether oxygens (including phenoxy) is 2. The number of esters is 2. The van der Waals surface area contributed by atoms with E-state index >= 15 is 0 Å². The zero-order valence-electron chi connectivity index (χ0n) is 35.8. The van der Waals surface area contributed by atoms with E-state index in [1.54, 1.807) is 6.08 Å². The summed E-state index contributed by atoms with van der Waals surface area (Å²) in [6, 6.07) is 0. The molecule has 0 heterocycles. The maximum atomic E-state index is 12.6. The number of carbonyl (C=O) groups excluding carboxylic acids is 2. The van der Waals surface area contributed by atoms with Crippen LogP contribution in [0.2, 0.25) is 0 Å². The van der Waals surface area contributed by atoms with Crippen molar-refractivity contribution in [2.75, 3.05) is 47.5 Å². The second kappa shape index (κ2) is 37.2. The van der Waals surface area contributed by atoms with Gasteiger partial charge in [0.05, 0.1) is 33.9 Å². The molecule has 0 bridgehead atoms. The third-order valence-corrected chi connectivity index (χ3v) is 9.13. The van der Waals surface area contributed by atoms with Crippen LogP contribution in [0.15, 0.2) is 97.2 Å². The third-order valence-electron chi connectivity index (χ3n) is 8.17. The van der Waals surface area contributed by atoms with Crippen LogP contribution in [0.5, 0.6) is 0 Å². The van der Waals surface area contributed by atoms with Crippen molar-refractivity contribution < 1.29 is 47.2 Å². The van der Waals surface area contributed by atoms with E-state index in [1.165, 1.54) is 19.3 Å². The standard InChI is InChI=1S/C46H76NO9P/c1-6-8-10-12-14-15-16-17-18-19-20-21-25-30-34-38-46(50)56-44(42-55-57(51,52)54-40-39-47(3,4)5)41-53-45(49)37-33-29-26-22-24-28-32-36-43(48)35-31-27-23-13-11-9-7-2/h8,10,14-15,17-18,20-23,26-28,31-32,35,43-44,48H,6-7,9,11-13,16,19,24-25,29-30,33-34,36-42H2,1-5H3/b10-8-,15-14-,18-17-,21-20-,26-22+,27-23-,32-28-,35-31-/t43-,44-/m1/s1. The van der Waals surface area contributed by atoms with Gasteiger partial charge in [-0.2, -0.15) is 0 Å². The third kappa shape index (κ3) is 40.9. The van der Waals surface area contributed by atoms with Gasteiger partial charge in [-0.05, 0) is 83.5 Å². The van der Waals surface area contributed by atoms with Crippen LogP contribution in [-0.4, -0.2) is 81.2 Å². The van der Waals surface area contributed by atoms with Crippen LogP contribution < -0.4 is 4.89 Å². The lowest BCUT2D eigenvalue weighted by molar-refractivity contribution is -0.870. The number of rotatable bonds is 36. The maximum absolute atomic E-state index is 12.6. The van der Waals surface area contributed by atoms with E-state index in [-0.39, 0.29) is 26.1 Å². The Kier molecular flexibility index (Phi) is 35.2. The average molecular weight is 818 g/mol. The van der Waals surface area contributed by atoms with Crippen LogP contribution in [0.3, 0.4) is 0 Å². The minimum absolute atomic E-state index is 0.0637. The first-order valence-corrected chi connectivity index (χ1v) is 22.5. The molecule has 0 aromatic rings. The molecule has 11 heteroatoms. The quantitative estimate of drug-likeness (QED) is 0.0164. The minimum Gasteiger partial charge on any atom is -0.756 e. The molecule has 0 aliphatic carbocycles. The van der Waals surface area contributed by atoms with Gasteiger partial charge in [-0.15, -0.1) is 0 Å². The molecule has 0 fully saturated rings. The van der Waals surface area contributed by atoms with E-state index in [2.05, 4.69) is 68.5 Å². The number of aliphatic hydroxyl groups is 1. The van der Waals surface area contributed by atoms with Gasteiger partial charge < -0.3 is 33.0 Å². The van der Waals surface area contributed by atoms with E-state index < -0.39 is 38.6 Å². The normalized spacial score (nSPS) is 15.1. The highest BCUT2D eigenvalue weighted by Gasteiger charge is 2.21. The first kappa shape index (κ1) is 53.9. The van der Waals surface area contributed by atoms with Gasteiger partial charge in [0.2, 0.25) is 0 Å². The van der Waals surface area contributed by atoms with Gasteiger partial charge in [0.1, 0.15) is 19.8 Å². The SMILES string of the molecule is CC/C=C\C/C=C\C/C=C\C/C=C\CCCCC(=O)O[C@H](COC(=O)CCC/C=C/C/C=C\C[C@H](O)/C=C\C=C/CCCCC)COP(=O)([O-])OCC[N+](C)(C)C. The summed E-state index contributed by atoms with van der Waals surface area (Å²) in [5.41, 5.74) is 0. The van der Waals surface area contributed by atoms with E-state index in [0.29, 0.717) is 36.7 Å². The zero-order valence-corrected chi connectivity index (χ0v) is 36.7. The monoisotopic (exact) mass is 818 g/mol. The molecule has 1 N–H and O–H groups in total. The lowest BCUT2D eigenvalue weighted by atomic mass is 10.2. The molecule has 0 aliphatic heterocycles. The molecule has 0 amide bonds. The fourth-order valence-electron chi connectivity index (χ4n) is 4.83. The Morgan fingerprint density at radius 1 is 0.667 bits per heavy atom. The smallest absolute Gasteiger partial charge is 0.306 e. The molecule has 0 aromatic carbocycles. The van der Waals surface area contributed by atoms with E-state index in [4.69, 9.17) is 18.5 Å². The molecule has 0 aromatic heterocycles. The summed E-state index contributed by atoms with van der Waals surface area (Å²) < 4.78 is 33.7. The van der Waals surface area contributed by atoms with Gasteiger partial charge in [-0.3, -0.25) is 14.2 Å². The van der Waals surface area contributed by atoms with Crippen molar-refractivity contribution in [1.82, 2.24) is 0 Å². The highest BCUT2D eigenvalue weighted by molar-refractivity contribution is 7.45. The summed E-state index contributed by atoms with van der Waals surface area (Å²) in [6.45, 7) is 3.84. The first-order chi connectivity index (χ1) is 27.4. The van der Waals surface area contributed by atoms with Gasteiger partial charge in [0.15, 0.2) is 6.10 Å². The Bertz CT molecular complexity index is 1310. The van der Waals surface area contributed by atoms with Gasteiger partial charge in [0, 0.05) is 12.8 Å². The first-order valence-electron chi connectivity index (χ1n) is 21.1. The fraction of sp³-hybridized carbons (Fsp3) is 0.609. The van der Waals surface area contributed by atoms with Crippen molar-refractivity contribution in [2.45, 2.75) is 135 Å². The topological polar surface area (TPSA) is 131 Å². The summed E-state index contributed by atoms with van der Waals surface area (Å²) >= 11 is 0. The molecule has 0 spiro atoms. The Morgan fingerprint density at radius 2 is 1.23 bits per heavy atom. The zero-order chi connectivity index (χ0) is 42.3. The molecule has 10 nitrogen and oxygen atoms in total. The lowest BCUT2D eigenvalue weighted by Gasteiger charge is -2.28. The predicted molar refractivity (Wildman–Crippen MR) is 232 cm³/mol. The Hall–Kier alpha value is -3.11. The molecule has 0 radical (unpaired) electrons. The minimum atomic E-state index is -4.67. The van der Waals surface area contributed by atoms with Crippen molar-refractivity contribution in [2.24, 2.45) is 0 Å². The van der Waals surface area contributed by atoms with Crippen LogP contribution in [0.4, 0.5) is 0 Å². The largest absolute Gasteiger partial charge is 0.756 e. The number of phosphoric acid groups is 1. The van der Waals surface area contributed by atoms with E-state index in [0.717, 1.165) is 51.4 Å². The molecular weight excluding hydrogens is 741 g/mol. The Labute approximate surface area is 346 Å². The number of quaternary nitrogens is 1. The number of unbranched alkanes of at least 4 members (excludes halogenated alkanes) is 6. The summed E-state index contributed by atoms with van der Waals surface area (Å²) in [5, 5.41) is 10.1. The summed E-state index contributed by atoms with van der Waals surface area (Å²) in [5.74, 6) is -1.00. The molecule has 0 saturated carbocycles. The number of carbonyl (C=O) groups is 2. The maximum Gasteiger partial charge on any atom is 0.306 e. The van der Waals surface area contributed by atoms with Crippen molar-refractivity contribution in [3.05, 3.63) is 97.2 Å². The molecule has 0 rings (SSSR count). The van der Waals surface area contributed by atoms with Crippen molar-refractivity contribution in [3.8, 4) is 0 Å². The number of aliphatic hydroxyl groups excluding tert-OH is 1. The molecule has 1 unspecified atom stereocenters. The van der Waals surface area contributed by atoms with Crippen LogP contribution in [0.1, 0.15) is 123 Å². The van der Waals surface area contributed by atoms with E-state index in [1.807, 2.05) is 57.6 Å². The van der Waals surface area contributed by atoms with Crippen LogP contribution in [0, 0.1) is 0 Å². The summed E-state index contributed by atoms with van der Waals surface area (Å²) in [6.07, 6.45) is 44.7. The number of hydrogen-bond donors (Lipinski definition) is 1. The number of phosphoric ester groups is 1. The number of hydrogen-bond acceptors (Lipinski definition) is 9. The summed E-state index contributed by atoms with van der Waals surface area (Å²) in [7, 11) is 1.05. The van der Waals surface area contributed by atoms with Gasteiger partial charge >= 0.3 is 11.9 Å². The predicted octanol–water partition coefficient (Wildman–Crippen LogP) is 10.1. The summed E-state index contributed by atoms with van der Waals surface area (Å²) in [4.78, 5) is 37.5. The molecule has 57 heavy (non-hydrogen) atoms. The highest BCUT2D eigenvalue weighted by Crippen LogP contribution is 2.38. The number of likely N-dealkylation sites (N-methyl/N-ethyl adjacent to an activating group) is 1. The van der Waals surface area contributed by atoms with E-state index in [9.17, 15) is 24.2 Å². The lowest BCUT2D eigenvalue weighted by Crippen LogP contribution is -2.37. The van der Waals surface area contributed by atoms with Gasteiger partial charge in [-0.1, -0.05) is 124 Å². The van der Waals surface area contributed by atoms with Crippen molar-refractivity contribution >= 4 is 19.8 Å². The molecule has 324 valence electrons. The van der Waals surface area contributed by atoms with Crippen LogP contribution in [0.25, 0.3) is 0 Å². The van der Waals surface area contributed by atoms with Gasteiger partial charge in [-0.25, -0.2) is 0 Å². The molecule has 0 saturated heterocycles.